The van der Waals surface area contributed by atoms with Gasteiger partial charge in [-0.05, 0) is 19.9 Å². The molecule has 0 aromatic carbocycles. The van der Waals surface area contributed by atoms with Gasteiger partial charge in [0, 0.05) is 44.0 Å². The lowest BCUT2D eigenvalue weighted by Gasteiger charge is -2.39. The van der Waals surface area contributed by atoms with Crippen LogP contribution in [0.25, 0.3) is 0 Å². The van der Waals surface area contributed by atoms with E-state index in [1.165, 1.54) is 6.20 Å². The molecule has 0 radical (unpaired) electrons. The molecule has 0 saturated carbocycles. The smallest absolute Gasteiger partial charge is 0.240 e. The van der Waals surface area contributed by atoms with Crippen LogP contribution in [0.3, 0.4) is 0 Å². The summed E-state index contributed by atoms with van der Waals surface area (Å²) in [6, 6.07) is 2.08. The molecular formula is C15H20FN5O. The third-order valence-electron chi connectivity index (χ3n) is 4.01. The van der Waals surface area contributed by atoms with Gasteiger partial charge in [-0.2, -0.15) is 4.98 Å². The number of pyridine rings is 1. The molecule has 118 valence electrons. The fourth-order valence-electron chi connectivity index (χ4n) is 2.80. The van der Waals surface area contributed by atoms with E-state index in [-0.39, 0.29) is 5.82 Å². The van der Waals surface area contributed by atoms with Crippen molar-refractivity contribution < 1.29 is 8.91 Å². The fraction of sp³-hybridized carbons (Fsp3) is 0.533. The molecule has 1 atom stereocenters. The highest BCUT2D eigenvalue weighted by atomic mass is 19.1. The van der Waals surface area contributed by atoms with Gasteiger partial charge < -0.3 is 4.52 Å². The standard InChI is InChI=1S/C15H20FN5O/c1-11-8-20(10-15-18-12(2)19-22-15)5-6-21(11)9-13-3-4-17-7-14(13)16/h3-4,7,11H,5-6,8-10H2,1-2H3. The van der Waals surface area contributed by atoms with Gasteiger partial charge in [-0.15, -0.1) is 0 Å². The molecule has 7 heteroatoms. The van der Waals surface area contributed by atoms with Crippen molar-refractivity contribution in [2.45, 2.75) is 33.0 Å². The van der Waals surface area contributed by atoms with E-state index in [2.05, 4.69) is 31.8 Å². The van der Waals surface area contributed by atoms with Crippen molar-refractivity contribution in [2.75, 3.05) is 19.6 Å². The van der Waals surface area contributed by atoms with Gasteiger partial charge in [-0.3, -0.25) is 14.8 Å². The van der Waals surface area contributed by atoms with E-state index in [4.69, 9.17) is 4.52 Å². The van der Waals surface area contributed by atoms with E-state index >= 15 is 0 Å². The Balaban J connectivity index is 1.57. The number of rotatable bonds is 4. The summed E-state index contributed by atoms with van der Waals surface area (Å²) >= 11 is 0. The van der Waals surface area contributed by atoms with Crippen LogP contribution in [0, 0.1) is 12.7 Å². The predicted molar refractivity (Wildman–Crippen MR) is 78.4 cm³/mol. The molecule has 1 saturated heterocycles. The van der Waals surface area contributed by atoms with Crippen LogP contribution < -0.4 is 0 Å². The van der Waals surface area contributed by atoms with Crippen LogP contribution in [0.5, 0.6) is 0 Å². The summed E-state index contributed by atoms with van der Waals surface area (Å²) in [5.41, 5.74) is 0.697. The maximum Gasteiger partial charge on any atom is 0.240 e. The Morgan fingerprint density at radius 3 is 2.91 bits per heavy atom. The third-order valence-corrected chi connectivity index (χ3v) is 4.01. The maximum atomic E-state index is 13.7. The Hall–Kier alpha value is -1.86. The van der Waals surface area contributed by atoms with Crippen molar-refractivity contribution in [3.8, 4) is 0 Å². The fourth-order valence-corrected chi connectivity index (χ4v) is 2.80. The first-order valence-electron chi connectivity index (χ1n) is 7.46. The Kier molecular flexibility index (Phi) is 4.44. The molecule has 1 aliphatic heterocycles. The van der Waals surface area contributed by atoms with Crippen LogP contribution in [-0.4, -0.2) is 50.6 Å². The van der Waals surface area contributed by atoms with E-state index in [9.17, 15) is 4.39 Å². The molecular weight excluding hydrogens is 285 g/mol. The van der Waals surface area contributed by atoms with Crippen LogP contribution in [0.2, 0.25) is 0 Å². The number of aromatic nitrogens is 3. The molecule has 1 fully saturated rings. The van der Waals surface area contributed by atoms with Gasteiger partial charge in [0.05, 0.1) is 12.7 Å². The lowest BCUT2D eigenvalue weighted by Crippen LogP contribution is -2.51. The van der Waals surface area contributed by atoms with Crippen molar-refractivity contribution in [3.05, 3.63) is 41.6 Å². The van der Waals surface area contributed by atoms with Gasteiger partial charge in [0.25, 0.3) is 0 Å². The predicted octanol–water partition coefficient (Wildman–Crippen LogP) is 1.62. The van der Waals surface area contributed by atoms with E-state index in [0.29, 0.717) is 36.4 Å². The monoisotopic (exact) mass is 305 g/mol. The second-order valence-electron chi connectivity index (χ2n) is 5.76. The normalized spacial score (nSPS) is 20.4. The molecule has 0 amide bonds. The molecule has 0 N–H and O–H groups in total. The van der Waals surface area contributed by atoms with Crippen LogP contribution in [0.15, 0.2) is 23.0 Å². The quantitative estimate of drug-likeness (QED) is 0.855. The number of hydrogen-bond acceptors (Lipinski definition) is 6. The van der Waals surface area contributed by atoms with Gasteiger partial charge in [-0.25, -0.2) is 4.39 Å². The number of aryl methyl sites for hydroxylation is 1. The van der Waals surface area contributed by atoms with E-state index in [0.717, 1.165) is 19.6 Å². The first kappa shape index (κ1) is 15.1. The summed E-state index contributed by atoms with van der Waals surface area (Å²) in [6.45, 7) is 7.94. The lowest BCUT2D eigenvalue weighted by molar-refractivity contribution is 0.0661. The molecule has 0 spiro atoms. The molecule has 2 aromatic rings. The van der Waals surface area contributed by atoms with E-state index < -0.39 is 0 Å². The van der Waals surface area contributed by atoms with Crippen molar-refractivity contribution in [1.82, 2.24) is 24.9 Å². The van der Waals surface area contributed by atoms with Crippen molar-refractivity contribution in [1.29, 1.82) is 0 Å². The third kappa shape index (κ3) is 3.48. The van der Waals surface area contributed by atoms with E-state index in [1.54, 1.807) is 12.3 Å². The Morgan fingerprint density at radius 1 is 1.36 bits per heavy atom. The first-order valence-corrected chi connectivity index (χ1v) is 7.46. The Morgan fingerprint density at radius 2 is 2.23 bits per heavy atom. The second-order valence-corrected chi connectivity index (χ2v) is 5.76. The highest BCUT2D eigenvalue weighted by Gasteiger charge is 2.25. The van der Waals surface area contributed by atoms with Crippen LogP contribution in [0.4, 0.5) is 4.39 Å². The van der Waals surface area contributed by atoms with Crippen LogP contribution >= 0.6 is 0 Å². The molecule has 6 nitrogen and oxygen atoms in total. The number of nitrogens with zero attached hydrogens (tertiary/aromatic N) is 5. The van der Waals surface area contributed by atoms with Gasteiger partial charge in [0.2, 0.25) is 5.89 Å². The molecule has 0 aliphatic carbocycles. The first-order chi connectivity index (χ1) is 10.6. The minimum atomic E-state index is -0.238. The SMILES string of the molecule is Cc1noc(CN2CCN(Cc3ccncc3F)C(C)C2)n1. The van der Waals surface area contributed by atoms with Gasteiger partial charge in [-0.1, -0.05) is 5.16 Å². The van der Waals surface area contributed by atoms with Crippen molar-refractivity contribution >= 4 is 0 Å². The van der Waals surface area contributed by atoms with Crippen molar-refractivity contribution in [3.63, 3.8) is 0 Å². The summed E-state index contributed by atoms with van der Waals surface area (Å²) in [4.78, 5) is 12.6. The highest BCUT2D eigenvalue weighted by Crippen LogP contribution is 2.16. The average Bonchev–Trinajstić information content (AvgIpc) is 2.89. The van der Waals surface area contributed by atoms with Gasteiger partial charge in [0.15, 0.2) is 5.82 Å². The summed E-state index contributed by atoms with van der Waals surface area (Å²) in [6.07, 6.45) is 2.91. The zero-order valence-electron chi connectivity index (χ0n) is 12.9. The molecule has 0 bridgehead atoms. The number of piperazine rings is 1. The summed E-state index contributed by atoms with van der Waals surface area (Å²) in [7, 11) is 0. The molecule has 1 unspecified atom stereocenters. The largest absolute Gasteiger partial charge is 0.338 e. The molecule has 22 heavy (non-hydrogen) atoms. The zero-order valence-corrected chi connectivity index (χ0v) is 12.9. The highest BCUT2D eigenvalue weighted by molar-refractivity contribution is 5.12. The Labute approximate surface area is 128 Å². The topological polar surface area (TPSA) is 58.3 Å². The average molecular weight is 305 g/mol. The maximum absolute atomic E-state index is 13.7. The number of hydrogen-bond donors (Lipinski definition) is 0. The van der Waals surface area contributed by atoms with Gasteiger partial charge >= 0.3 is 0 Å². The zero-order chi connectivity index (χ0) is 15.5. The summed E-state index contributed by atoms with van der Waals surface area (Å²) in [5.74, 6) is 1.08. The van der Waals surface area contributed by atoms with E-state index in [1.807, 2.05) is 6.92 Å². The van der Waals surface area contributed by atoms with Gasteiger partial charge in [0.1, 0.15) is 5.82 Å². The summed E-state index contributed by atoms with van der Waals surface area (Å²) in [5, 5.41) is 3.81. The lowest BCUT2D eigenvalue weighted by atomic mass is 10.1. The molecule has 3 rings (SSSR count). The summed E-state index contributed by atoms with van der Waals surface area (Å²) < 4.78 is 18.9. The number of halogens is 1. The van der Waals surface area contributed by atoms with Crippen molar-refractivity contribution in [2.24, 2.45) is 0 Å². The Bertz CT molecular complexity index is 632. The minimum absolute atomic E-state index is 0.238. The molecule has 1 aliphatic rings. The second kappa shape index (κ2) is 6.50. The minimum Gasteiger partial charge on any atom is -0.338 e. The molecule has 2 aromatic heterocycles. The molecule has 3 heterocycles. The van der Waals surface area contributed by atoms with Crippen LogP contribution in [-0.2, 0) is 13.1 Å². The van der Waals surface area contributed by atoms with Crippen LogP contribution in [0.1, 0.15) is 24.2 Å².